The van der Waals surface area contributed by atoms with Crippen molar-refractivity contribution in [3.05, 3.63) is 31.6 Å². The third kappa shape index (κ3) is 4.02. The zero-order chi connectivity index (χ0) is 14.8. The lowest BCUT2D eigenvalue weighted by atomic mass is 9.81. The maximum Gasteiger partial charge on any atom is 0.293 e. The minimum Gasteiger partial charge on any atom is -0.379 e. The van der Waals surface area contributed by atoms with E-state index in [9.17, 15) is 14.5 Å². The monoisotopic (exact) mass is 380 g/mol. The second-order valence-electron chi connectivity index (χ2n) is 5.54. The van der Waals surface area contributed by atoms with Crippen molar-refractivity contribution in [1.82, 2.24) is 0 Å². The van der Waals surface area contributed by atoms with Gasteiger partial charge in [0.2, 0.25) is 0 Å². The normalized spacial score (nSPS) is 11.7. The third-order valence-corrected chi connectivity index (χ3v) is 4.36. The molecule has 0 unspecified atom stereocenters. The molecule has 0 spiro atoms. The average molecular weight is 380 g/mol. The molecule has 0 aliphatic heterocycles. The van der Waals surface area contributed by atoms with Crippen LogP contribution < -0.4 is 5.32 Å². The van der Waals surface area contributed by atoms with Gasteiger partial charge in [0, 0.05) is 18.7 Å². The van der Waals surface area contributed by atoms with Crippen LogP contribution in [-0.2, 0) is 0 Å². The second kappa shape index (κ2) is 6.02. The Balaban J connectivity index is 3.01. The van der Waals surface area contributed by atoms with E-state index in [0.29, 0.717) is 12.5 Å². The molecule has 0 bridgehead atoms. The number of anilines is 1. The van der Waals surface area contributed by atoms with Crippen molar-refractivity contribution in [1.29, 1.82) is 0 Å². The molecule has 0 fully saturated rings. The molecule has 0 aromatic heterocycles. The van der Waals surface area contributed by atoms with Gasteiger partial charge in [-0.1, -0.05) is 27.7 Å². The first-order chi connectivity index (χ1) is 8.65. The number of nitrogens with zero attached hydrogens (tertiary/aromatic N) is 1. The lowest BCUT2D eigenvalue weighted by Crippen LogP contribution is -2.28. The predicted molar refractivity (Wildman–Crippen MR) is 82.9 cm³/mol. The molecular weight excluding hydrogens is 362 g/mol. The molecule has 0 heterocycles. The Kier molecular flexibility index (Phi) is 5.11. The van der Waals surface area contributed by atoms with Gasteiger partial charge < -0.3 is 5.32 Å². The van der Waals surface area contributed by atoms with Gasteiger partial charge in [-0.15, -0.1) is 0 Å². The number of hydrogen-bond acceptors (Lipinski definition) is 3. The summed E-state index contributed by atoms with van der Waals surface area (Å²) in [4.78, 5) is 10.5. The van der Waals surface area contributed by atoms with E-state index >= 15 is 0 Å². The molecule has 4 nitrogen and oxygen atoms in total. The molecule has 0 atom stereocenters. The SMILES string of the molecule is CC(C)C(C)(C)CNc1cc(F)c(I)cc1[N+](=O)[O-]. The lowest BCUT2D eigenvalue weighted by molar-refractivity contribution is -0.384. The van der Waals surface area contributed by atoms with E-state index in [-0.39, 0.29) is 20.4 Å². The zero-order valence-electron chi connectivity index (χ0n) is 11.5. The Labute approximate surface area is 126 Å². The van der Waals surface area contributed by atoms with E-state index < -0.39 is 10.7 Å². The predicted octanol–water partition coefficient (Wildman–Crippen LogP) is 4.43. The zero-order valence-corrected chi connectivity index (χ0v) is 13.6. The van der Waals surface area contributed by atoms with Gasteiger partial charge in [-0.3, -0.25) is 10.1 Å². The topological polar surface area (TPSA) is 55.2 Å². The Hall–Kier alpha value is -0.920. The van der Waals surface area contributed by atoms with Crippen molar-refractivity contribution in [3.63, 3.8) is 0 Å². The van der Waals surface area contributed by atoms with Gasteiger partial charge in [-0.25, -0.2) is 4.39 Å². The summed E-state index contributed by atoms with van der Waals surface area (Å²) in [5, 5.41) is 14.0. The number of nitrogens with one attached hydrogen (secondary N) is 1. The van der Waals surface area contributed by atoms with Gasteiger partial charge in [-0.2, -0.15) is 0 Å². The number of nitro groups is 1. The summed E-state index contributed by atoms with van der Waals surface area (Å²) in [7, 11) is 0. The summed E-state index contributed by atoms with van der Waals surface area (Å²) >= 11 is 1.75. The molecule has 1 rings (SSSR count). The first kappa shape index (κ1) is 16.1. The molecule has 0 amide bonds. The van der Waals surface area contributed by atoms with Crippen molar-refractivity contribution in [2.45, 2.75) is 27.7 Å². The quantitative estimate of drug-likeness (QED) is 0.467. The molecule has 1 aromatic rings. The number of rotatable bonds is 5. The average Bonchev–Trinajstić information content (AvgIpc) is 2.29. The van der Waals surface area contributed by atoms with Crippen LogP contribution in [0.3, 0.4) is 0 Å². The molecule has 0 aliphatic carbocycles. The molecular formula is C13H18FIN2O2. The standard InChI is InChI=1S/C13H18FIN2O2/c1-8(2)13(3,4)7-16-11-5-9(14)10(15)6-12(11)17(18)19/h5-6,8,16H,7H2,1-4H3. The van der Waals surface area contributed by atoms with E-state index in [0.717, 1.165) is 0 Å². The largest absolute Gasteiger partial charge is 0.379 e. The number of halogens is 2. The van der Waals surface area contributed by atoms with Crippen LogP contribution in [0.25, 0.3) is 0 Å². The van der Waals surface area contributed by atoms with Crippen molar-refractivity contribution in [2.24, 2.45) is 11.3 Å². The Morgan fingerprint density at radius 1 is 1.47 bits per heavy atom. The third-order valence-electron chi connectivity index (χ3n) is 3.53. The summed E-state index contributed by atoms with van der Waals surface area (Å²) in [6, 6.07) is 2.44. The highest BCUT2D eigenvalue weighted by molar-refractivity contribution is 14.1. The molecule has 19 heavy (non-hydrogen) atoms. The van der Waals surface area contributed by atoms with E-state index in [1.165, 1.54) is 12.1 Å². The highest BCUT2D eigenvalue weighted by Crippen LogP contribution is 2.31. The van der Waals surface area contributed by atoms with Crippen LogP contribution in [0.1, 0.15) is 27.7 Å². The first-order valence-electron chi connectivity index (χ1n) is 6.02. The molecule has 0 saturated heterocycles. The van der Waals surface area contributed by atoms with Gasteiger partial charge in [0.1, 0.15) is 11.5 Å². The van der Waals surface area contributed by atoms with Crippen LogP contribution in [0, 0.1) is 30.8 Å². The van der Waals surface area contributed by atoms with Crippen LogP contribution in [-0.4, -0.2) is 11.5 Å². The van der Waals surface area contributed by atoms with Gasteiger partial charge in [0.25, 0.3) is 5.69 Å². The fourth-order valence-corrected chi connectivity index (χ4v) is 1.81. The Morgan fingerprint density at radius 2 is 2.05 bits per heavy atom. The van der Waals surface area contributed by atoms with E-state index in [4.69, 9.17) is 0 Å². The van der Waals surface area contributed by atoms with Crippen molar-refractivity contribution >= 4 is 34.0 Å². The van der Waals surface area contributed by atoms with Gasteiger partial charge in [-0.05, 0) is 33.9 Å². The van der Waals surface area contributed by atoms with Crippen LogP contribution in [0.5, 0.6) is 0 Å². The number of benzene rings is 1. The second-order valence-corrected chi connectivity index (χ2v) is 6.70. The summed E-state index contributed by atoms with van der Waals surface area (Å²) in [5.41, 5.74) is 0.106. The van der Waals surface area contributed by atoms with E-state index in [1.807, 2.05) is 0 Å². The summed E-state index contributed by atoms with van der Waals surface area (Å²) in [6.45, 7) is 8.86. The highest BCUT2D eigenvalue weighted by atomic mass is 127. The molecule has 1 aromatic carbocycles. The van der Waals surface area contributed by atoms with Crippen LogP contribution in [0.15, 0.2) is 12.1 Å². The first-order valence-corrected chi connectivity index (χ1v) is 7.10. The Bertz CT molecular complexity index is 490. The number of nitro benzene ring substituents is 1. The lowest BCUT2D eigenvalue weighted by Gasteiger charge is -2.29. The molecule has 0 aliphatic rings. The molecule has 0 saturated carbocycles. The summed E-state index contributed by atoms with van der Waals surface area (Å²) < 4.78 is 13.8. The smallest absolute Gasteiger partial charge is 0.293 e. The van der Waals surface area contributed by atoms with E-state index in [1.54, 1.807) is 22.6 Å². The maximum absolute atomic E-state index is 13.5. The van der Waals surface area contributed by atoms with Gasteiger partial charge in [0.05, 0.1) is 8.49 Å². The molecule has 106 valence electrons. The Morgan fingerprint density at radius 3 is 2.53 bits per heavy atom. The van der Waals surface area contributed by atoms with Gasteiger partial charge >= 0.3 is 0 Å². The van der Waals surface area contributed by atoms with E-state index in [2.05, 4.69) is 33.0 Å². The summed E-state index contributed by atoms with van der Waals surface area (Å²) in [5.74, 6) is -0.0381. The van der Waals surface area contributed by atoms with Crippen LogP contribution >= 0.6 is 22.6 Å². The molecule has 6 heteroatoms. The minimum atomic E-state index is -0.494. The number of hydrogen-bond donors (Lipinski definition) is 1. The fourth-order valence-electron chi connectivity index (χ4n) is 1.36. The maximum atomic E-state index is 13.5. The van der Waals surface area contributed by atoms with Gasteiger partial charge in [0.15, 0.2) is 0 Å². The van der Waals surface area contributed by atoms with Crippen molar-refractivity contribution < 1.29 is 9.31 Å². The summed E-state index contributed by atoms with van der Waals surface area (Å²) in [6.07, 6.45) is 0. The van der Waals surface area contributed by atoms with Crippen molar-refractivity contribution in [2.75, 3.05) is 11.9 Å². The fraction of sp³-hybridized carbons (Fsp3) is 0.538. The highest BCUT2D eigenvalue weighted by Gasteiger charge is 2.24. The van der Waals surface area contributed by atoms with Crippen molar-refractivity contribution in [3.8, 4) is 0 Å². The van der Waals surface area contributed by atoms with Crippen LogP contribution in [0.4, 0.5) is 15.8 Å². The van der Waals surface area contributed by atoms with Crippen LogP contribution in [0.2, 0.25) is 0 Å². The minimum absolute atomic E-state index is 0.0344. The molecule has 0 radical (unpaired) electrons. The molecule has 1 N–H and O–H groups in total.